The predicted molar refractivity (Wildman–Crippen MR) is 54.0 cm³/mol. The molecule has 3 nitrogen and oxygen atoms in total. The largest absolute Gasteiger partial charge is 0.390 e. The second-order valence-electron chi connectivity index (χ2n) is 3.80. The summed E-state index contributed by atoms with van der Waals surface area (Å²) in [6.07, 6.45) is 3.71. The number of allylic oxidation sites excluding steroid dienone is 1. The molecule has 0 aliphatic carbocycles. The number of hydrogen-bond acceptors (Lipinski definition) is 3. The molecule has 0 radical (unpaired) electrons. The Morgan fingerprint density at radius 3 is 2.86 bits per heavy atom. The van der Waals surface area contributed by atoms with Crippen LogP contribution in [0.15, 0.2) is 11.6 Å². The van der Waals surface area contributed by atoms with Crippen molar-refractivity contribution in [1.82, 2.24) is 0 Å². The van der Waals surface area contributed by atoms with Gasteiger partial charge in [0.25, 0.3) is 0 Å². The number of hydrogen-bond donors (Lipinski definition) is 1. The predicted octanol–water partition coefficient (Wildman–Crippen LogP) is 1.45. The molecule has 1 heterocycles. The quantitative estimate of drug-likeness (QED) is 0.698. The normalized spacial score (nSPS) is 28.9. The van der Waals surface area contributed by atoms with Gasteiger partial charge in [0.2, 0.25) is 0 Å². The van der Waals surface area contributed by atoms with Gasteiger partial charge in [-0.25, -0.2) is 0 Å². The Balaban J connectivity index is 2.43. The van der Waals surface area contributed by atoms with Gasteiger partial charge in [0.1, 0.15) is 0 Å². The van der Waals surface area contributed by atoms with Crippen LogP contribution in [0.5, 0.6) is 0 Å². The highest BCUT2D eigenvalue weighted by Gasteiger charge is 2.22. The van der Waals surface area contributed by atoms with E-state index in [9.17, 15) is 9.90 Å². The third-order valence-corrected chi connectivity index (χ3v) is 2.62. The van der Waals surface area contributed by atoms with E-state index in [0.29, 0.717) is 13.0 Å². The first-order valence-corrected chi connectivity index (χ1v) is 5.08. The van der Waals surface area contributed by atoms with Crippen molar-refractivity contribution in [2.45, 2.75) is 45.3 Å². The Labute approximate surface area is 84.8 Å². The molecule has 1 aliphatic rings. The third kappa shape index (κ3) is 3.24. The van der Waals surface area contributed by atoms with Crippen molar-refractivity contribution in [3.8, 4) is 0 Å². The molecule has 2 atom stereocenters. The van der Waals surface area contributed by atoms with E-state index < -0.39 is 0 Å². The molecule has 1 N–H and O–H groups in total. The van der Waals surface area contributed by atoms with Gasteiger partial charge in [0.05, 0.1) is 12.2 Å². The average Bonchev–Trinajstić information content (AvgIpc) is 2.16. The van der Waals surface area contributed by atoms with E-state index in [1.807, 2.05) is 6.08 Å². The lowest BCUT2D eigenvalue weighted by Gasteiger charge is -2.27. The molecule has 0 saturated carbocycles. The molecule has 0 aromatic carbocycles. The topological polar surface area (TPSA) is 46.5 Å². The first-order valence-electron chi connectivity index (χ1n) is 5.08. The summed E-state index contributed by atoms with van der Waals surface area (Å²) in [5.74, 6) is 0.0790. The molecule has 2 unspecified atom stereocenters. The van der Waals surface area contributed by atoms with Gasteiger partial charge < -0.3 is 9.84 Å². The van der Waals surface area contributed by atoms with Gasteiger partial charge in [0, 0.05) is 6.61 Å². The number of carbonyl (C=O) groups excluding carboxylic acids is 1. The fraction of sp³-hybridized carbons (Fsp3) is 0.727. The van der Waals surface area contributed by atoms with E-state index in [0.717, 1.165) is 18.4 Å². The summed E-state index contributed by atoms with van der Waals surface area (Å²) in [6, 6.07) is 0. The van der Waals surface area contributed by atoms with E-state index in [1.165, 1.54) is 0 Å². The van der Waals surface area contributed by atoms with Gasteiger partial charge in [-0.15, -0.1) is 0 Å². The number of aliphatic hydroxyl groups is 1. The molecule has 1 rings (SSSR count). The van der Waals surface area contributed by atoms with E-state index in [4.69, 9.17) is 4.74 Å². The van der Waals surface area contributed by atoms with Gasteiger partial charge in [0.15, 0.2) is 5.78 Å². The van der Waals surface area contributed by atoms with Crippen molar-refractivity contribution >= 4 is 5.78 Å². The van der Waals surface area contributed by atoms with Gasteiger partial charge >= 0.3 is 0 Å². The Bertz CT molecular complexity index is 233. The maximum Gasteiger partial charge on any atom is 0.155 e. The van der Waals surface area contributed by atoms with Crippen LogP contribution in [0, 0.1) is 0 Å². The summed E-state index contributed by atoms with van der Waals surface area (Å²) in [5.41, 5.74) is 0.742. The minimum Gasteiger partial charge on any atom is -0.390 e. The number of Topliss-reactive ketones (excluding diaryl/α,β-unsaturated/α-hetero) is 1. The van der Waals surface area contributed by atoms with Crippen LogP contribution in [0.25, 0.3) is 0 Å². The van der Waals surface area contributed by atoms with Crippen molar-refractivity contribution < 1.29 is 14.6 Å². The Kier molecular flexibility index (Phi) is 4.29. The first kappa shape index (κ1) is 11.4. The summed E-state index contributed by atoms with van der Waals surface area (Å²) >= 11 is 0. The Morgan fingerprint density at radius 1 is 1.57 bits per heavy atom. The van der Waals surface area contributed by atoms with Crippen LogP contribution >= 0.6 is 0 Å². The highest BCUT2D eigenvalue weighted by molar-refractivity contribution is 5.92. The molecular formula is C11H18O3. The molecule has 1 saturated heterocycles. The van der Waals surface area contributed by atoms with Crippen molar-refractivity contribution in [3.63, 3.8) is 0 Å². The van der Waals surface area contributed by atoms with Crippen molar-refractivity contribution in [2.24, 2.45) is 0 Å². The lowest BCUT2D eigenvalue weighted by molar-refractivity contribution is -0.113. The zero-order valence-electron chi connectivity index (χ0n) is 8.82. The Hall–Kier alpha value is -0.670. The van der Waals surface area contributed by atoms with Crippen LogP contribution in [-0.4, -0.2) is 29.7 Å². The standard InChI is InChI=1S/C11H18O3/c1-8(9(2)12)5-6-11-10(13)4-3-7-14-11/h5,10-11,13H,3-4,6-7H2,1-2H3/b8-5+. The van der Waals surface area contributed by atoms with Crippen LogP contribution in [0.1, 0.15) is 33.1 Å². The SMILES string of the molecule is CC(=O)/C(C)=C/CC1OCCCC1O. The third-order valence-electron chi connectivity index (χ3n) is 2.62. The fourth-order valence-corrected chi connectivity index (χ4v) is 1.49. The summed E-state index contributed by atoms with van der Waals surface area (Å²) in [5, 5.41) is 9.58. The van der Waals surface area contributed by atoms with Crippen LogP contribution in [0.3, 0.4) is 0 Å². The number of aliphatic hydroxyl groups excluding tert-OH is 1. The first-order chi connectivity index (χ1) is 6.61. The van der Waals surface area contributed by atoms with Crippen molar-refractivity contribution in [1.29, 1.82) is 0 Å². The maximum absolute atomic E-state index is 10.9. The van der Waals surface area contributed by atoms with E-state index >= 15 is 0 Å². The van der Waals surface area contributed by atoms with Crippen LogP contribution in [0.2, 0.25) is 0 Å². The molecule has 1 aliphatic heterocycles. The average molecular weight is 198 g/mol. The van der Waals surface area contributed by atoms with Gasteiger partial charge in [-0.3, -0.25) is 4.79 Å². The van der Waals surface area contributed by atoms with Gasteiger partial charge in [-0.2, -0.15) is 0 Å². The Morgan fingerprint density at radius 2 is 2.29 bits per heavy atom. The molecule has 0 amide bonds. The van der Waals surface area contributed by atoms with Crippen LogP contribution in [-0.2, 0) is 9.53 Å². The molecule has 0 spiro atoms. The molecule has 0 aromatic heterocycles. The maximum atomic E-state index is 10.9. The summed E-state index contributed by atoms with van der Waals surface area (Å²) in [6.45, 7) is 4.05. The van der Waals surface area contributed by atoms with Crippen molar-refractivity contribution in [2.75, 3.05) is 6.61 Å². The minimum absolute atomic E-state index is 0.0790. The molecule has 1 fully saturated rings. The second kappa shape index (κ2) is 5.27. The number of ketones is 1. The molecule has 3 heteroatoms. The van der Waals surface area contributed by atoms with Crippen LogP contribution in [0.4, 0.5) is 0 Å². The zero-order chi connectivity index (χ0) is 10.6. The van der Waals surface area contributed by atoms with E-state index in [2.05, 4.69) is 0 Å². The van der Waals surface area contributed by atoms with Gasteiger partial charge in [-0.1, -0.05) is 6.08 Å². The lowest BCUT2D eigenvalue weighted by atomic mass is 10.0. The molecule has 80 valence electrons. The summed E-state index contributed by atoms with van der Waals surface area (Å²) in [7, 11) is 0. The van der Waals surface area contributed by atoms with Gasteiger partial charge in [-0.05, 0) is 38.7 Å². The fourth-order valence-electron chi connectivity index (χ4n) is 1.49. The number of ether oxygens (including phenoxy) is 1. The molecular weight excluding hydrogens is 180 g/mol. The van der Waals surface area contributed by atoms with E-state index in [-0.39, 0.29) is 18.0 Å². The molecule has 0 bridgehead atoms. The highest BCUT2D eigenvalue weighted by atomic mass is 16.5. The number of rotatable bonds is 3. The minimum atomic E-state index is -0.375. The molecule has 0 aromatic rings. The monoisotopic (exact) mass is 198 g/mol. The zero-order valence-corrected chi connectivity index (χ0v) is 8.82. The lowest BCUT2D eigenvalue weighted by Crippen LogP contribution is -2.33. The number of carbonyl (C=O) groups is 1. The second-order valence-corrected chi connectivity index (χ2v) is 3.80. The van der Waals surface area contributed by atoms with Crippen LogP contribution < -0.4 is 0 Å². The molecule has 14 heavy (non-hydrogen) atoms. The highest BCUT2D eigenvalue weighted by Crippen LogP contribution is 2.17. The summed E-state index contributed by atoms with van der Waals surface area (Å²) in [4.78, 5) is 10.9. The summed E-state index contributed by atoms with van der Waals surface area (Å²) < 4.78 is 5.41. The van der Waals surface area contributed by atoms with E-state index in [1.54, 1.807) is 13.8 Å². The smallest absolute Gasteiger partial charge is 0.155 e. The van der Waals surface area contributed by atoms with Crippen molar-refractivity contribution in [3.05, 3.63) is 11.6 Å².